The molecule has 1 aromatic heterocycles. The van der Waals surface area contributed by atoms with Gasteiger partial charge in [-0.25, -0.2) is 4.98 Å². The number of aromatic amines is 1. The molecule has 1 atom stereocenters. The van der Waals surface area contributed by atoms with E-state index in [1.54, 1.807) is 11.1 Å². The fourth-order valence-corrected chi connectivity index (χ4v) is 2.39. The molecule has 1 aliphatic heterocycles. The van der Waals surface area contributed by atoms with Crippen molar-refractivity contribution < 1.29 is 14.3 Å². The normalized spacial score (nSPS) is 18.2. The fraction of sp³-hybridized carbons (Fsp3) is 0.375. The molecule has 1 amide bonds. The summed E-state index contributed by atoms with van der Waals surface area (Å²) >= 11 is 0. The average Bonchev–Trinajstić information content (AvgIpc) is 3.00. The first-order valence-electron chi connectivity index (χ1n) is 7.31. The molecule has 1 aliphatic rings. The second-order valence-electron chi connectivity index (χ2n) is 5.25. The number of imidazole rings is 1. The lowest BCUT2D eigenvalue weighted by Crippen LogP contribution is -2.44. The van der Waals surface area contributed by atoms with Gasteiger partial charge in [-0.3, -0.25) is 4.79 Å². The third kappa shape index (κ3) is 3.46. The number of hydrogen-bond acceptors (Lipinski definition) is 4. The molecule has 0 radical (unpaired) electrons. The average molecular weight is 301 g/mol. The van der Waals surface area contributed by atoms with Crippen molar-refractivity contribution in [3.8, 4) is 5.75 Å². The molecule has 3 rings (SSSR count). The molecule has 116 valence electrons. The molecular formula is C16H19N3O3. The second kappa shape index (κ2) is 6.62. The molecule has 0 bridgehead atoms. The highest BCUT2D eigenvalue weighted by Crippen LogP contribution is 2.20. The Hall–Kier alpha value is -2.34. The van der Waals surface area contributed by atoms with Crippen LogP contribution in [0.1, 0.15) is 17.6 Å². The van der Waals surface area contributed by atoms with Crippen molar-refractivity contribution in [3.05, 3.63) is 48.0 Å². The Kier molecular flexibility index (Phi) is 4.39. The van der Waals surface area contributed by atoms with Crippen LogP contribution in [0, 0.1) is 6.92 Å². The third-order valence-corrected chi connectivity index (χ3v) is 3.55. The van der Waals surface area contributed by atoms with Crippen molar-refractivity contribution >= 4 is 5.91 Å². The molecule has 0 saturated carbocycles. The maximum Gasteiger partial charge on any atom is 0.260 e. The van der Waals surface area contributed by atoms with Crippen LogP contribution >= 0.6 is 0 Å². The van der Waals surface area contributed by atoms with E-state index in [9.17, 15) is 4.79 Å². The van der Waals surface area contributed by atoms with Crippen molar-refractivity contribution in [2.24, 2.45) is 0 Å². The van der Waals surface area contributed by atoms with Crippen molar-refractivity contribution in [3.63, 3.8) is 0 Å². The molecular weight excluding hydrogens is 282 g/mol. The Labute approximate surface area is 129 Å². The van der Waals surface area contributed by atoms with Crippen molar-refractivity contribution in [1.29, 1.82) is 0 Å². The zero-order valence-electron chi connectivity index (χ0n) is 12.5. The maximum absolute atomic E-state index is 12.3. The Morgan fingerprint density at radius 1 is 1.45 bits per heavy atom. The van der Waals surface area contributed by atoms with Gasteiger partial charge in [0.2, 0.25) is 0 Å². The van der Waals surface area contributed by atoms with E-state index in [-0.39, 0.29) is 18.6 Å². The summed E-state index contributed by atoms with van der Waals surface area (Å²) in [6.45, 7) is 3.54. The smallest absolute Gasteiger partial charge is 0.260 e. The van der Waals surface area contributed by atoms with Gasteiger partial charge in [-0.15, -0.1) is 0 Å². The topological polar surface area (TPSA) is 67.5 Å². The first-order chi connectivity index (χ1) is 10.7. The zero-order chi connectivity index (χ0) is 15.4. The summed E-state index contributed by atoms with van der Waals surface area (Å²) in [7, 11) is 0. The van der Waals surface area contributed by atoms with E-state index in [4.69, 9.17) is 9.47 Å². The van der Waals surface area contributed by atoms with Crippen LogP contribution in [0.4, 0.5) is 0 Å². The molecule has 2 aromatic rings. The molecule has 6 nitrogen and oxygen atoms in total. The highest BCUT2D eigenvalue weighted by molar-refractivity contribution is 5.77. The van der Waals surface area contributed by atoms with Crippen LogP contribution in [0.3, 0.4) is 0 Å². The maximum atomic E-state index is 12.3. The minimum Gasteiger partial charge on any atom is -0.484 e. The number of benzene rings is 1. The summed E-state index contributed by atoms with van der Waals surface area (Å²) in [5.41, 5.74) is 0.981. The number of nitrogens with one attached hydrogen (secondary N) is 1. The van der Waals surface area contributed by atoms with Gasteiger partial charge < -0.3 is 19.4 Å². The van der Waals surface area contributed by atoms with Gasteiger partial charge in [-0.1, -0.05) is 18.2 Å². The quantitative estimate of drug-likeness (QED) is 0.933. The lowest BCUT2D eigenvalue weighted by molar-refractivity contribution is -0.141. The van der Waals surface area contributed by atoms with Crippen molar-refractivity contribution in [2.75, 3.05) is 26.3 Å². The number of rotatable bonds is 4. The summed E-state index contributed by atoms with van der Waals surface area (Å²) in [4.78, 5) is 21.5. The minimum absolute atomic E-state index is 0.0356. The molecule has 1 unspecified atom stereocenters. The van der Waals surface area contributed by atoms with Gasteiger partial charge in [-0.2, -0.15) is 0 Å². The number of hydrogen-bond donors (Lipinski definition) is 1. The largest absolute Gasteiger partial charge is 0.484 e. The highest BCUT2D eigenvalue weighted by Gasteiger charge is 2.27. The Bertz CT molecular complexity index is 627. The predicted molar refractivity (Wildman–Crippen MR) is 80.5 cm³/mol. The molecule has 1 fully saturated rings. The summed E-state index contributed by atoms with van der Waals surface area (Å²) in [5, 5.41) is 0. The lowest BCUT2D eigenvalue weighted by Gasteiger charge is -2.32. The first-order valence-corrected chi connectivity index (χ1v) is 7.31. The van der Waals surface area contributed by atoms with Gasteiger partial charge in [-0.05, 0) is 19.1 Å². The second-order valence-corrected chi connectivity index (χ2v) is 5.25. The van der Waals surface area contributed by atoms with E-state index in [2.05, 4.69) is 9.97 Å². The number of ether oxygens (including phenoxy) is 2. The summed E-state index contributed by atoms with van der Waals surface area (Å²) in [6.07, 6.45) is 1.56. The number of aryl methyl sites for hydroxylation is 1. The van der Waals surface area contributed by atoms with Gasteiger partial charge in [0.05, 0.1) is 13.2 Å². The molecule has 6 heteroatoms. The van der Waals surface area contributed by atoms with Gasteiger partial charge in [0.15, 0.2) is 6.61 Å². The van der Waals surface area contributed by atoms with Crippen molar-refractivity contribution in [1.82, 2.24) is 14.9 Å². The number of nitrogens with zero attached hydrogens (tertiary/aromatic N) is 2. The van der Waals surface area contributed by atoms with E-state index in [1.807, 2.05) is 37.3 Å². The predicted octanol–water partition coefficient (Wildman–Crippen LogP) is 1.70. The van der Waals surface area contributed by atoms with E-state index in [1.165, 1.54) is 0 Å². The number of carbonyl (C=O) groups is 1. The summed E-state index contributed by atoms with van der Waals surface area (Å²) in [6, 6.07) is 9.34. The van der Waals surface area contributed by atoms with Gasteiger partial charge in [0, 0.05) is 18.4 Å². The number of aromatic nitrogens is 2. The highest BCUT2D eigenvalue weighted by atomic mass is 16.5. The summed E-state index contributed by atoms with van der Waals surface area (Å²) in [5.74, 6) is 1.42. The van der Waals surface area contributed by atoms with Crippen LogP contribution in [0.15, 0.2) is 36.5 Å². The Morgan fingerprint density at radius 2 is 2.27 bits per heavy atom. The van der Waals surface area contributed by atoms with Crippen LogP contribution < -0.4 is 4.74 Å². The van der Waals surface area contributed by atoms with E-state index in [0.29, 0.717) is 25.4 Å². The van der Waals surface area contributed by atoms with Gasteiger partial charge in [0.1, 0.15) is 17.7 Å². The number of carbonyl (C=O) groups excluding carboxylic acids is 1. The number of H-pyrrole nitrogens is 1. The fourth-order valence-electron chi connectivity index (χ4n) is 2.39. The molecule has 0 aliphatic carbocycles. The van der Waals surface area contributed by atoms with Gasteiger partial charge >= 0.3 is 0 Å². The zero-order valence-corrected chi connectivity index (χ0v) is 12.5. The Morgan fingerprint density at radius 3 is 3.00 bits per heavy atom. The van der Waals surface area contributed by atoms with Crippen LogP contribution in [0.2, 0.25) is 0 Å². The lowest BCUT2D eigenvalue weighted by atomic mass is 10.2. The third-order valence-electron chi connectivity index (χ3n) is 3.55. The number of amides is 1. The van der Waals surface area contributed by atoms with Crippen LogP contribution in [-0.2, 0) is 9.53 Å². The molecule has 1 N–H and O–H groups in total. The number of morpholine rings is 1. The van der Waals surface area contributed by atoms with Crippen LogP contribution in [-0.4, -0.2) is 47.1 Å². The Balaban J connectivity index is 1.56. The molecule has 0 spiro atoms. The first kappa shape index (κ1) is 14.6. The van der Waals surface area contributed by atoms with E-state index >= 15 is 0 Å². The molecule has 1 aromatic carbocycles. The number of para-hydroxylation sites is 1. The molecule has 2 heterocycles. The van der Waals surface area contributed by atoms with E-state index in [0.717, 1.165) is 11.5 Å². The van der Waals surface area contributed by atoms with E-state index < -0.39 is 0 Å². The van der Waals surface area contributed by atoms with Crippen LogP contribution in [0.25, 0.3) is 0 Å². The van der Waals surface area contributed by atoms with Gasteiger partial charge in [0.25, 0.3) is 5.91 Å². The van der Waals surface area contributed by atoms with Crippen molar-refractivity contribution in [2.45, 2.75) is 13.0 Å². The minimum atomic E-state index is -0.205. The monoisotopic (exact) mass is 301 g/mol. The van der Waals surface area contributed by atoms with Crippen LogP contribution in [0.5, 0.6) is 5.75 Å². The SMILES string of the molecule is Cc1cnc(C2CN(C(=O)COc3ccccc3)CCO2)[nH]1. The molecule has 22 heavy (non-hydrogen) atoms. The molecule has 1 saturated heterocycles. The summed E-state index contributed by atoms with van der Waals surface area (Å²) < 4.78 is 11.2. The standard InChI is InChI=1S/C16H19N3O3/c1-12-9-17-16(18-12)14-10-19(7-8-21-14)15(20)11-22-13-5-3-2-4-6-13/h2-6,9,14H,7-8,10-11H2,1H3,(H,17,18).